The van der Waals surface area contributed by atoms with Crippen LogP contribution in [0.15, 0.2) is 78.0 Å². The smallest absolute Gasteiger partial charge is 0.164 e. The van der Waals surface area contributed by atoms with Gasteiger partial charge in [0.15, 0.2) is 5.78 Å². The number of aromatic nitrogens is 2. The SMILES string of the molecule is CC(C)Cc1csc2nc(-c3ccnc(-c4[c-]c5ccccc5c(C(C)(C)C)c4)c3)ccc12.CCC(C)(CC)C(=O)/C=C(\O)C(C)(CC)CC.[Ir]. The number of carbonyl (C=O) groups excluding carboxylic acids is 1. The zero-order chi connectivity index (χ0) is 36.9. The molecule has 0 fully saturated rings. The monoisotopic (exact) mass is 882 g/mol. The van der Waals surface area contributed by atoms with E-state index in [4.69, 9.17) is 9.97 Å². The van der Waals surface area contributed by atoms with Gasteiger partial charge in [0.25, 0.3) is 0 Å². The van der Waals surface area contributed by atoms with Gasteiger partial charge in [-0.05, 0) is 78.1 Å². The van der Waals surface area contributed by atoms with Gasteiger partial charge in [-0.3, -0.25) is 9.78 Å². The van der Waals surface area contributed by atoms with Gasteiger partial charge in [-0.2, -0.15) is 0 Å². The Bertz CT molecular complexity index is 1960. The fraction of sp³-hybridized carbons (Fsp3) is 0.444. The molecule has 0 atom stereocenters. The molecule has 3 heterocycles. The molecule has 0 unspecified atom stereocenters. The Morgan fingerprint density at radius 2 is 1.51 bits per heavy atom. The van der Waals surface area contributed by atoms with Crippen molar-refractivity contribution in [2.75, 3.05) is 0 Å². The van der Waals surface area contributed by atoms with Crippen LogP contribution in [0.3, 0.4) is 0 Å². The Balaban J connectivity index is 0.000000335. The second kappa shape index (κ2) is 17.6. The second-order valence-electron chi connectivity index (χ2n) is 15.7. The fourth-order valence-electron chi connectivity index (χ4n) is 6.13. The number of fused-ring (bicyclic) bond motifs is 2. The third-order valence-corrected chi connectivity index (χ3v) is 11.6. The van der Waals surface area contributed by atoms with Crippen molar-refractivity contribution in [2.24, 2.45) is 16.7 Å². The summed E-state index contributed by atoms with van der Waals surface area (Å²) >= 11 is 1.74. The number of allylic oxidation sites excluding steroid dienone is 2. The maximum absolute atomic E-state index is 12.2. The minimum absolute atomic E-state index is 0. The Hall–Kier alpha value is -3.18. The first-order chi connectivity index (χ1) is 23.6. The van der Waals surface area contributed by atoms with E-state index in [1.54, 1.807) is 11.3 Å². The molecular formula is C45H57IrN2O2S-. The van der Waals surface area contributed by atoms with Crippen LogP contribution in [-0.4, -0.2) is 20.9 Å². The quantitative estimate of drug-likeness (QED) is 0.0815. The van der Waals surface area contributed by atoms with Gasteiger partial charge in [-0.1, -0.05) is 111 Å². The molecule has 3 aromatic heterocycles. The van der Waals surface area contributed by atoms with E-state index in [2.05, 4.69) is 94.6 Å². The van der Waals surface area contributed by atoms with E-state index in [0.717, 1.165) is 64.8 Å². The minimum Gasteiger partial charge on any atom is -0.512 e. The molecule has 0 aliphatic carbocycles. The third-order valence-electron chi connectivity index (χ3n) is 10.7. The molecule has 0 saturated carbocycles. The van der Waals surface area contributed by atoms with Crippen LogP contribution in [0.2, 0.25) is 0 Å². The van der Waals surface area contributed by atoms with E-state index in [1.807, 2.05) is 53.8 Å². The average Bonchev–Trinajstić information content (AvgIpc) is 3.51. The summed E-state index contributed by atoms with van der Waals surface area (Å²) in [4.78, 5) is 23.0. The molecule has 51 heavy (non-hydrogen) atoms. The van der Waals surface area contributed by atoms with Gasteiger partial charge in [0.1, 0.15) is 10.6 Å². The van der Waals surface area contributed by atoms with Gasteiger partial charge in [-0.25, -0.2) is 4.98 Å². The average molecular weight is 882 g/mol. The first kappa shape index (κ1) is 42.2. The molecule has 5 aromatic rings. The number of rotatable bonds is 11. The molecule has 0 amide bonds. The predicted octanol–water partition coefficient (Wildman–Crippen LogP) is 13.1. The van der Waals surface area contributed by atoms with Crippen molar-refractivity contribution in [3.8, 4) is 22.5 Å². The standard InChI is InChI=1S/C30H29N2S.C15H28O2.Ir/c1-19(2)14-23-18-33-29-25(23)10-11-27(32-29)21-12-13-31-28(17-21)22-15-20-8-6-7-9-24(20)26(16-22)30(3,4)5;1-7-14(5,8-2)12(16)11-13(17)15(6,9-3)10-4;/h6-13,16-19H,14H2,1-5H3;11,16H,7-10H2,1-6H3;/q-1;;/b;12-11-;. The first-order valence-electron chi connectivity index (χ1n) is 18.3. The van der Waals surface area contributed by atoms with Crippen LogP contribution in [0.25, 0.3) is 43.5 Å². The van der Waals surface area contributed by atoms with Gasteiger partial charge < -0.3 is 5.11 Å². The fourth-order valence-corrected chi connectivity index (χ4v) is 7.09. The molecule has 4 nitrogen and oxygen atoms in total. The van der Waals surface area contributed by atoms with Crippen LogP contribution in [0.1, 0.15) is 113 Å². The Morgan fingerprint density at radius 3 is 2.12 bits per heavy atom. The summed E-state index contributed by atoms with van der Waals surface area (Å²) in [6, 6.07) is 22.9. The third kappa shape index (κ3) is 9.83. The van der Waals surface area contributed by atoms with Crippen LogP contribution < -0.4 is 0 Å². The molecule has 0 bridgehead atoms. The molecule has 275 valence electrons. The van der Waals surface area contributed by atoms with Crippen molar-refractivity contribution < 1.29 is 30.0 Å². The number of carbonyl (C=O) groups is 1. The Labute approximate surface area is 324 Å². The summed E-state index contributed by atoms with van der Waals surface area (Å²) in [7, 11) is 0. The molecule has 0 saturated heterocycles. The normalized spacial score (nSPS) is 12.5. The number of nitrogens with zero attached hydrogens (tertiary/aromatic N) is 2. The van der Waals surface area contributed by atoms with Gasteiger partial charge in [0.05, 0.1) is 5.69 Å². The zero-order valence-corrected chi connectivity index (χ0v) is 35.7. The summed E-state index contributed by atoms with van der Waals surface area (Å²) in [6.07, 6.45) is 7.73. The maximum atomic E-state index is 12.2. The predicted molar refractivity (Wildman–Crippen MR) is 215 cm³/mol. The Kier molecular flexibility index (Phi) is 14.5. The number of aliphatic hydroxyl groups is 1. The van der Waals surface area contributed by atoms with Crippen LogP contribution in [0.5, 0.6) is 0 Å². The molecule has 2 aromatic carbocycles. The minimum atomic E-state index is -0.337. The number of aliphatic hydroxyl groups excluding tert-OH is 1. The molecule has 6 heteroatoms. The number of hydrogen-bond acceptors (Lipinski definition) is 5. The number of thiophene rings is 1. The van der Waals surface area contributed by atoms with Gasteiger partial charge in [-0.15, -0.1) is 40.5 Å². The molecular weight excluding hydrogens is 825 g/mol. The van der Waals surface area contributed by atoms with Crippen LogP contribution >= 0.6 is 11.3 Å². The topological polar surface area (TPSA) is 63.1 Å². The molecule has 5 rings (SSSR count). The maximum Gasteiger partial charge on any atom is 0.164 e. The summed E-state index contributed by atoms with van der Waals surface area (Å²) < 4.78 is 0. The second-order valence-corrected chi connectivity index (χ2v) is 16.5. The van der Waals surface area contributed by atoms with E-state index in [-0.39, 0.29) is 47.9 Å². The van der Waals surface area contributed by atoms with Crippen molar-refractivity contribution in [2.45, 2.75) is 114 Å². The summed E-state index contributed by atoms with van der Waals surface area (Å²) in [5.41, 5.74) is 6.17. The molecule has 0 aliphatic rings. The van der Waals surface area contributed by atoms with E-state index < -0.39 is 0 Å². The zero-order valence-electron chi connectivity index (χ0n) is 32.5. The molecule has 0 spiro atoms. The van der Waals surface area contributed by atoms with Crippen molar-refractivity contribution in [1.82, 2.24) is 9.97 Å². The molecule has 1 N–H and O–H groups in total. The van der Waals surface area contributed by atoms with Crippen LogP contribution in [0.4, 0.5) is 0 Å². The summed E-state index contributed by atoms with van der Waals surface area (Å²) in [5.74, 6) is 0.926. The van der Waals surface area contributed by atoms with Crippen molar-refractivity contribution in [3.63, 3.8) is 0 Å². The van der Waals surface area contributed by atoms with E-state index in [0.29, 0.717) is 5.92 Å². The van der Waals surface area contributed by atoms with E-state index in [1.165, 1.54) is 28.0 Å². The largest absolute Gasteiger partial charge is 0.512 e. The summed E-state index contributed by atoms with van der Waals surface area (Å²) in [5, 5.41) is 16.1. The van der Waals surface area contributed by atoms with Crippen LogP contribution in [-0.2, 0) is 36.7 Å². The van der Waals surface area contributed by atoms with Gasteiger partial charge >= 0.3 is 0 Å². The van der Waals surface area contributed by atoms with Gasteiger partial charge in [0, 0.05) is 54.3 Å². The number of ketones is 1. The van der Waals surface area contributed by atoms with Crippen molar-refractivity contribution in [1.29, 1.82) is 0 Å². The van der Waals surface area contributed by atoms with E-state index >= 15 is 0 Å². The number of pyridine rings is 2. The first-order valence-corrected chi connectivity index (χ1v) is 19.2. The number of hydrogen-bond donors (Lipinski definition) is 1. The van der Waals surface area contributed by atoms with E-state index in [9.17, 15) is 9.90 Å². The number of benzene rings is 2. The van der Waals surface area contributed by atoms with Crippen molar-refractivity contribution >= 4 is 38.1 Å². The molecule has 1 radical (unpaired) electrons. The molecule has 0 aliphatic heterocycles. The van der Waals surface area contributed by atoms with Crippen LogP contribution in [0, 0.1) is 22.8 Å². The van der Waals surface area contributed by atoms with Gasteiger partial charge in [0.2, 0.25) is 0 Å². The van der Waals surface area contributed by atoms with Crippen molar-refractivity contribution in [3.05, 3.63) is 95.2 Å². The summed E-state index contributed by atoms with van der Waals surface area (Å²) in [6.45, 7) is 23.4. The Morgan fingerprint density at radius 1 is 0.863 bits per heavy atom.